The van der Waals surface area contributed by atoms with E-state index in [1.54, 1.807) is 5.51 Å². The van der Waals surface area contributed by atoms with Crippen LogP contribution in [-0.2, 0) is 6.42 Å². The molecule has 3 heterocycles. The summed E-state index contributed by atoms with van der Waals surface area (Å²) in [5, 5.41) is 0. The number of likely N-dealkylation sites (tertiary alicyclic amines) is 1. The van der Waals surface area contributed by atoms with Crippen molar-refractivity contribution in [1.29, 1.82) is 0 Å². The van der Waals surface area contributed by atoms with Gasteiger partial charge in [0.15, 0.2) is 0 Å². The summed E-state index contributed by atoms with van der Waals surface area (Å²) in [5.74, 6) is 0.0859. The Morgan fingerprint density at radius 2 is 2.04 bits per heavy atom. The molecular formula is C21H21N3OS. The van der Waals surface area contributed by atoms with Crippen LogP contribution in [0, 0.1) is 6.92 Å². The van der Waals surface area contributed by atoms with Gasteiger partial charge in [0, 0.05) is 18.7 Å². The number of thiazole rings is 1. The van der Waals surface area contributed by atoms with Gasteiger partial charge >= 0.3 is 0 Å². The maximum Gasteiger partial charge on any atom is 0.266 e. The molecule has 1 saturated heterocycles. The summed E-state index contributed by atoms with van der Waals surface area (Å²) >= 11 is 1.42. The average Bonchev–Trinajstić information content (AvgIpc) is 3.31. The summed E-state index contributed by atoms with van der Waals surface area (Å²) in [6.45, 7) is 2.68. The third-order valence-electron chi connectivity index (χ3n) is 4.85. The number of nitrogens with zero attached hydrogens (tertiary/aromatic N) is 3. The fourth-order valence-electron chi connectivity index (χ4n) is 3.54. The predicted molar refractivity (Wildman–Crippen MR) is 103 cm³/mol. The Morgan fingerprint density at radius 1 is 1.19 bits per heavy atom. The highest BCUT2D eigenvalue weighted by Crippen LogP contribution is 2.33. The lowest BCUT2D eigenvalue weighted by atomic mass is 10.1. The number of amides is 1. The van der Waals surface area contributed by atoms with Crippen LogP contribution >= 0.6 is 11.3 Å². The number of carbonyl (C=O) groups is 1. The minimum absolute atomic E-state index is 0.0553. The van der Waals surface area contributed by atoms with Crippen LogP contribution < -0.4 is 0 Å². The highest BCUT2D eigenvalue weighted by Gasteiger charge is 2.32. The van der Waals surface area contributed by atoms with Crippen molar-refractivity contribution >= 4 is 17.2 Å². The van der Waals surface area contributed by atoms with Gasteiger partial charge in [0.05, 0.1) is 22.9 Å². The van der Waals surface area contributed by atoms with Gasteiger partial charge in [-0.1, -0.05) is 36.4 Å². The summed E-state index contributed by atoms with van der Waals surface area (Å²) in [7, 11) is 0. The van der Waals surface area contributed by atoms with Crippen LogP contribution in [0.25, 0.3) is 0 Å². The molecule has 1 aliphatic rings. The Hall–Kier alpha value is -2.53. The van der Waals surface area contributed by atoms with Crippen molar-refractivity contribution in [3.8, 4) is 0 Å². The van der Waals surface area contributed by atoms with Crippen LogP contribution in [0.15, 0.2) is 54.0 Å². The van der Waals surface area contributed by atoms with Crippen molar-refractivity contribution in [3.63, 3.8) is 0 Å². The smallest absolute Gasteiger partial charge is 0.266 e. The third-order valence-corrected chi connectivity index (χ3v) is 5.77. The maximum atomic E-state index is 13.0. The Labute approximate surface area is 157 Å². The number of hydrogen-bond acceptors (Lipinski definition) is 4. The van der Waals surface area contributed by atoms with E-state index in [9.17, 15) is 4.79 Å². The van der Waals surface area contributed by atoms with E-state index in [1.165, 1.54) is 16.9 Å². The lowest BCUT2D eigenvalue weighted by Crippen LogP contribution is -2.31. The molecule has 26 heavy (non-hydrogen) atoms. The van der Waals surface area contributed by atoms with Crippen LogP contribution in [0.5, 0.6) is 0 Å². The van der Waals surface area contributed by atoms with Gasteiger partial charge < -0.3 is 4.90 Å². The van der Waals surface area contributed by atoms with E-state index < -0.39 is 0 Å². The predicted octanol–water partition coefficient (Wildman–Crippen LogP) is 4.41. The van der Waals surface area contributed by atoms with Crippen molar-refractivity contribution in [2.75, 3.05) is 6.54 Å². The summed E-state index contributed by atoms with van der Waals surface area (Å²) in [6, 6.07) is 16.6. The standard InChI is InChI=1S/C21H21N3OS/c1-15-20(26-14-22-15)21(25)24-12-6-11-19(24)18-10-5-9-17(23-18)13-16-7-3-2-4-8-16/h2-5,7-10,14,19H,6,11-13H2,1H3/t19-/m0/s1. The van der Waals surface area contributed by atoms with E-state index in [4.69, 9.17) is 4.98 Å². The largest absolute Gasteiger partial charge is 0.329 e. The molecular weight excluding hydrogens is 342 g/mol. The molecule has 0 aliphatic carbocycles. The Kier molecular flexibility index (Phi) is 4.80. The lowest BCUT2D eigenvalue weighted by molar-refractivity contribution is 0.0736. The van der Waals surface area contributed by atoms with Gasteiger partial charge in [-0.05, 0) is 37.5 Å². The van der Waals surface area contributed by atoms with Gasteiger partial charge in [-0.2, -0.15) is 0 Å². The SMILES string of the molecule is Cc1ncsc1C(=O)N1CCC[C@H]1c1cccc(Cc2ccccc2)n1. The van der Waals surface area contributed by atoms with E-state index >= 15 is 0 Å². The highest BCUT2D eigenvalue weighted by atomic mass is 32.1. The summed E-state index contributed by atoms with van der Waals surface area (Å²) in [6.07, 6.45) is 2.79. The molecule has 0 N–H and O–H groups in total. The molecule has 1 aliphatic heterocycles. The number of aromatic nitrogens is 2. The molecule has 132 valence electrons. The van der Waals surface area contributed by atoms with Gasteiger partial charge in [-0.25, -0.2) is 4.98 Å². The average molecular weight is 363 g/mol. The number of benzene rings is 1. The van der Waals surface area contributed by atoms with Crippen LogP contribution in [0.2, 0.25) is 0 Å². The molecule has 0 spiro atoms. The van der Waals surface area contributed by atoms with Gasteiger partial charge in [0.1, 0.15) is 4.88 Å². The summed E-state index contributed by atoms with van der Waals surface area (Å²) < 4.78 is 0. The molecule has 0 bridgehead atoms. The zero-order valence-electron chi connectivity index (χ0n) is 14.8. The van der Waals surface area contributed by atoms with Crippen molar-refractivity contribution in [1.82, 2.24) is 14.9 Å². The second-order valence-corrected chi connectivity index (χ2v) is 7.49. The first-order valence-electron chi connectivity index (χ1n) is 8.93. The van der Waals surface area contributed by atoms with Gasteiger partial charge in [0.2, 0.25) is 0 Å². The van der Waals surface area contributed by atoms with Crippen molar-refractivity contribution in [3.05, 3.63) is 81.6 Å². The molecule has 0 radical (unpaired) electrons. The fraction of sp³-hybridized carbons (Fsp3) is 0.286. The van der Waals surface area contributed by atoms with E-state index in [-0.39, 0.29) is 11.9 Å². The van der Waals surface area contributed by atoms with Crippen LogP contribution in [0.4, 0.5) is 0 Å². The van der Waals surface area contributed by atoms with E-state index in [1.807, 2.05) is 36.1 Å². The first-order valence-corrected chi connectivity index (χ1v) is 9.81. The monoisotopic (exact) mass is 363 g/mol. The van der Waals surface area contributed by atoms with E-state index in [0.29, 0.717) is 0 Å². The summed E-state index contributed by atoms with van der Waals surface area (Å²) in [5.41, 5.74) is 5.84. The van der Waals surface area contributed by atoms with Gasteiger partial charge in [-0.3, -0.25) is 9.78 Å². The Bertz CT molecular complexity index is 906. The molecule has 4 nitrogen and oxygen atoms in total. The zero-order chi connectivity index (χ0) is 17.9. The molecule has 0 unspecified atom stereocenters. The van der Waals surface area contributed by atoms with Gasteiger partial charge in [-0.15, -0.1) is 11.3 Å². The quantitative estimate of drug-likeness (QED) is 0.689. The minimum Gasteiger partial charge on any atom is -0.329 e. The fourth-order valence-corrected chi connectivity index (χ4v) is 4.30. The Morgan fingerprint density at radius 3 is 2.81 bits per heavy atom. The molecule has 4 rings (SSSR count). The summed E-state index contributed by atoms with van der Waals surface area (Å²) in [4.78, 5) is 24.8. The minimum atomic E-state index is 0.0553. The molecule has 3 aromatic rings. The Balaban J connectivity index is 1.57. The maximum absolute atomic E-state index is 13.0. The molecule has 1 aromatic carbocycles. The molecule has 2 aromatic heterocycles. The second-order valence-electron chi connectivity index (χ2n) is 6.64. The normalized spacial score (nSPS) is 16.8. The topological polar surface area (TPSA) is 46.1 Å². The lowest BCUT2D eigenvalue weighted by Gasteiger charge is -2.24. The van der Waals surface area contributed by atoms with E-state index in [2.05, 4.69) is 29.2 Å². The second kappa shape index (κ2) is 7.38. The highest BCUT2D eigenvalue weighted by molar-refractivity contribution is 7.11. The van der Waals surface area contributed by atoms with Crippen LogP contribution in [0.3, 0.4) is 0 Å². The first-order chi connectivity index (χ1) is 12.7. The molecule has 1 amide bonds. The van der Waals surface area contributed by atoms with Crippen molar-refractivity contribution < 1.29 is 4.79 Å². The number of aryl methyl sites for hydroxylation is 1. The molecule has 5 heteroatoms. The molecule has 1 atom stereocenters. The number of pyridine rings is 1. The zero-order valence-corrected chi connectivity index (χ0v) is 15.6. The third kappa shape index (κ3) is 3.40. The van der Waals surface area contributed by atoms with Crippen molar-refractivity contribution in [2.45, 2.75) is 32.2 Å². The molecule has 1 fully saturated rings. The van der Waals surface area contributed by atoms with Gasteiger partial charge in [0.25, 0.3) is 5.91 Å². The van der Waals surface area contributed by atoms with Crippen molar-refractivity contribution in [2.24, 2.45) is 0 Å². The van der Waals surface area contributed by atoms with Crippen LogP contribution in [0.1, 0.15) is 51.2 Å². The number of hydrogen-bond donors (Lipinski definition) is 0. The van der Waals surface area contributed by atoms with E-state index in [0.717, 1.165) is 47.8 Å². The number of carbonyl (C=O) groups excluding carboxylic acids is 1. The number of rotatable bonds is 4. The van der Waals surface area contributed by atoms with Crippen LogP contribution in [-0.4, -0.2) is 27.3 Å². The first kappa shape index (κ1) is 16.9. The molecule has 0 saturated carbocycles.